The molecule has 0 spiro atoms. The third kappa shape index (κ3) is 2.96. The first-order valence-corrected chi connectivity index (χ1v) is 8.26. The summed E-state index contributed by atoms with van der Waals surface area (Å²) >= 11 is 8.29. The summed E-state index contributed by atoms with van der Waals surface area (Å²) in [4.78, 5) is 1.25. The van der Waals surface area contributed by atoms with Crippen LogP contribution in [0.1, 0.15) is 44.9 Å². The predicted molar refractivity (Wildman–Crippen MR) is 87.3 cm³/mol. The molecule has 0 saturated heterocycles. The topological polar surface area (TPSA) is 12.0 Å². The average Bonchev–Trinajstić information content (AvgIpc) is 2.78. The van der Waals surface area contributed by atoms with Gasteiger partial charge in [0.25, 0.3) is 0 Å². The van der Waals surface area contributed by atoms with Gasteiger partial charge in [0.1, 0.15) is 0 Å². The number of halogens is 1. The smallest absolute Gasteiger partial charge is 0.0636 e. The Morgan fingerprint density at radius 2 is 1.74 bits per heavy atom. The molecule has 1 N–H and O–H groups in total. The lowest BCUT2D eigenvalue weighted by Gasteiger charge is -2.31. The summed E-state index contributed by atoms with van der Waals surface area (Å²) in [6, 6.07) is 8.36. The van der Waals surface area contributed by atoms with Crippen molar-refractivity contribution in [1.29, 1.82) is 0 Å². The van der Waals surface area contributed by atoms with Crippen LogP contribution in [0, 0.1) is 0 Å². The fourth-order valence-electron chi connectivity index (χ4n) is 2.57. The normalized spacial score (nSPS) is 12.2. The third-order valence-corrected chi connectivity index (χ3v) is 5.97. The standard InChI is InChI=1S/C16H22ClNS/c1-4-16(5-2,6-3)18-11-14-15(17)12-9-7-8-10-13(12)19-14/h7-10,18H,4-6,11H2,1-3H3. The lowest BCUT2D eigenvalue weighted by Crippen LogP contribution is -2.42. The van der Waals surface area contributed by atoms with Gasteiger partial charge in [0, 0.05) is 27.0 Å². The predicted octanol–water partition coefficient (Wildman–Crippen LogP) is 5.61. The molecule has 0 saturated carbocycles. The van der Waals surface area contributed by atoms with Gasteiger partial charge in [-0.05, 0) is 25.3 Å². The second-order valence-electron chi connectivity index (χ2n) is 5.03. The van der Waals surface area contributed by atoms with Crippen LogP contribution in [0.25, 0.3) is 10.1 Å². The molecule has 1 aromatic carbocycles. The van der Waals surface area contributed by atoms with E-state index in [1.807, 2.05) is 6.07 Å². The van der Waals surface area contributed by atoms with Crippen molar-refractivity contribution in [3.63, 3.8) is 0 Å². The SMILES string of the molecule is CCC(CC)(CC)NCc1sc2ccccc2c1Cl. The van der Waals surface area contributed by atoms with Crippen LogP contribution in [-0.2, 0) is 6.54 Å². The molecule has 19 heavy (non-hydrogen) atoms. The fourth-order valence-corrected chi connectivity index (χ4v) is 4.01. The van der Waals surface area contributed by atoms with Crippen molar-refractivity contribution in [3.8, 4) is 0 Å². The maximum atomic E-state index is 6.49. The molecule has 0 aliphatic heterocycles. The molecular weight excluding hydrogens is 274 g/mol. The summed E-state index contributed by atoms with van der Waals surface area (Å²) in [6.07, 6.45) is 3.47. The van der Waals surface area contributed by atoms with Gasteiger partial charge in [-0.15, -0.1) is 11.3 Å². The summed E-state index contributed by atoms with van der Waals surface area (Å²) in [5.41, 5.74) is 0.250. The van der Waals surface area contributed by atoms with Crippen LogP contribution in [0.2, 0.25) is 5.02 Å². The van der Waals surface area contributed by atoms with Crippen LogP contribution in [0.3, 0.4) is 0 Å². The van der Waals surface area contributed by atoms with Gasteiger partial charge in [-0.2, -0.15) is 0 Å². The van der Waals surface area contributed by atoms with Crippen molar-refractivity contribution in [1.82, 2.24) is 5.32 Å². The molecule has 0 aliphatic carbocycles. The highest BCUT2D eigenvalue weighted by atomic mass is 35.5. The molecule has 0 radical (unpaired) electrons. The van der Waals surface area contributed by atoms with E-state index in [0.29, 0.717) is 0 Å². The Kier molecular flexibility index (Phi) is 4.88. The van der Waals surface area contributed by atoms with E-state index >= 15 is 0 Å². The van der Waals surface area contributed by atoms with Gasteiger partial charge < -0.3 is 5.32 Å². The number of thiophene rings is 1. The Morgan fingerprint density at radius 3 is 2.32 bits per heavy atom. The van der Waals surface area contributed by atoms with E-state index in [-0.39, 0.29) is 5.54 Å². The molecule has 2 aromatic rings. The van der Waals surface area contributed by atoms with Crippen molar-refractivity contribution in [3.05, 3.63) is 34.2 Å². The average molecular weight is 296 g/mol. The minimum Gasteiger partial charge on any atom is -0.306 e. The number of fused-ring (bicyclic) bond motifs is 1. The van der Waals surface area contributed by atoms with E-state index in [4.69, 9.17) is 11.6 Å². The van der Waals surface area contributed by atoms with Gasteiger partial charge in [0.2, 0.25) is 0 Å². The highest BCUT2D eigenvalue weighted by Gasteiger charge is 2.23. The number of benzene rings is 1. The first kappa shape index (κ1) is 14.8. The maximum Gasteiger partial charge on any atom is 0.0636 e. The molecule has 104 valence electrons. The van der Waals surface area contributed by atoms with Crippen LogP contribution in [0.4, 0.5) is 0 Å². The third-order valence-electron chi connectivity index (χ3n) is 4.26. The number of hydrogen-bond acceptors (Lipinski definition) is 2. The lowest BCUT2D eigenvalue weighted by molar-refractivity contribution is 0.289. The quantitative estimate of drug-likeness (QED) is 0.730. The van der Waals surface area contributed by atoms with Crippen molar-refractivity contribution in [2.45, 2.75) is 52.1 Å². The van der Waals surface area contributed by atoms with Crippen LogP contribution < -0.4 is 5.32 Å². The zero-order valence-corrected chi connectivity index (χ0v) is 13.5. The molecule has 0 amide bonds. The summed E-state index contributed by atoms with van der Waals surface area (Å²) in [5.74, 6) is 0. The van der Waals surface area contributed by atoms with Crippen molar-refractivity contribution in [2.24, 2.45) is 0 Å². The molecule has 0 unspecified atom stereocenters. The molecule has 0 bridgehead atoms. The summed E-state index contributed by atoms with van der Waals surface area (Å²) < 4.78 is 1.28. The molecule has 1 heterocycles. The van der Waals surface area contributed by atoms with Crippen molar-refractivity contribution >= 4 is 33.0 Å². The van der Waals surface area contributed by atoms with E-state index in [1.165, 1.54) is 15.0 Å². The van der Waals surface area contributed by atoms with Crippen molar-refractivity contribution < 1.29 is 0 Å². The van der Waals surface area contributed by atoms with Gasteiger partial charge >= 0.3 is 0 Å². The number of rotatable bonds is 6. The Balaban J connectivity index is 2.20. The minimum absolute atomic E-state index is 0.250. The fraction of sp³-hybridized carbons (Fsp3) is 0.500. The molecular formula is C16H22ClNS. The first-order valence-electron chi connectivity index (χ1n) is 7.06. The van der Waals surface area contributed by atoms with Gasteiger partial charge in [-0.1, -0.05) is 50.6 Å². The van der Waals surface area contributed by atoms with Gasteiger partial charge in [-0.25, -0.2) is 0 Å². The summed E-state index contributed by atoms with van der Waals surface area (Å²) in [6.45, 7) is 7.64. The molecule has 0 atom stereocenters. The highest BCUT2D eigenvalue weighted by molar-refractivity contribution is 7.19. The molecule has 2 rings (SSSR count). The largest absolute Gasteiger partial charge is 0.306 e. The van der Waals surface area contributed by atoms with Gasteiger partial charge in [0.05, 0.1) is 5.02 Å². The Labute approximate surface area is 125 Å². The van der Waals surface area contributed by atoms with E-state index in [9.17, 15) is 0 Å². The molecule has 1 aromatic heterocycles. The zero-order chi connectivity index (χ0) is 13.9. The molecule has 3 heteroatoms. The lowest BCUT2D eigenvalue weighted by atomic mass is 9.90. The van der Waals surface area contributed by atoms with E-state index in [2.05, 4.69) is 44.3 Å². The summed E-state index contributed by atoms with van der Waals surface area (Å²) in [5, 5.41) is 5.83. The van der Waals surface area contributed by atoms with Crippen LogP contribution >= 0.6 is 22.9 Å². The van der Waals surface area contributed by atoms with Gasteiger partial charge in [0.15, 0.2) is 0 Å². The Bertz CT molecular complexity index is 534. The maximum absolute atomic E-state index is 6.49. The van der Waals surface area contributed by atoms with Crippen molar-refractivity contribution in [2.75, 3.05) is 0 Å². The van der Waals surface area contributed by atoms with Gasteiger partial charge in [-0.3, -0.25) is 0 Å². The van der Waals surface area contributed by atoms with Crippen LogP contribution in [-0.4, -0.2) is 5.54 Å². The monoisotopic (exact) mass is 295 g/mol. The van der Waals surface area contributed by atoms with E-state index in [0.717, 1.165) is 30.8 Å². The second-order valence-corrected chi connectivity index (χ2v) is 6.54. The van der Waals surface area contributed by atoms with Crippen LogP contribution in [0.5, 0.6) is 0 Å². The Hall–Kier alpha value is -0.570. The Morgan fingerprint density at radius 1 is 1.11 bits per heavy atom. The van der Waals surface area contributed by atoms with E-state index < -0.39 is 0 Å². The zero-order valence-electron chi connectivity index (χ0n) is 11.9. The number of nitrogens with one attached hydrogen (secondary N) is 1. The number of hydrogen-bond donors (Lipinski definition) is 1. The first-order chi connectivity index (χ1) is 9.15. The van der Waals surface area contributed by atoms with Crippen LogP contribution in [0.15, 0.2) is 24.3 Å². The minimum atomic E-state index is 0.250. The molecule has 1 nitrogen and oxygen atoms in total. The second kappa shape index (κ2) is 6.25. The molecule has 0 fully saturated rings. The highest BCUT2D eigenvalue weighted by Crippen LogP contribution is 2.35. The molecule has 0 aliphatic rings. The van der Waals surface area contributed by atoms with E-state index in [1.54, 1.807) is 11.3 Å². The summed E-state index contributed by atoms with van der Waals surface area (Å²) in [7, 11) is 0.